The molecule has 1 aromatic heterocycles. The molecule has 1 spiro atoms. The number of nitrogens with zero attached hydrogens (tertiary/aromatic N) is 10. The summed E-state index contributed by atoms with van der Waals surface area (Å²) in [4.78, 5) is 198. The average molecular weight is 1530 g/mol. The van der Waals surface area contributed by atoms with Crippen LogP contribution in [0.3, 0.4) is 0 Å². The number of carbonyl (C=O) groups excluding carboxylic acids is 12. The Kier molecular flexibility index (Phi) is 31.2. The maximum Gasteiger partial charge on any atom is 0.417 e. The number of aryl methyl sites for hydroxylation is 1. The van der Waals surface area contributed by atoms with E-state index in [1.165, 1.54) is 93.4 Å². The van der Waals surface area contributed by atoms with E-state index in [-0.39, 0.29) is 55.9 Å². The Hall–Kier alpha value is -7.43. The van der Waals surface area contributed by atoms with E-state index in [4.69, 9.17) is 11.6 Å². The monoisotopic (exact) mass is 1530 g/mol. The van der Waals surface area contributed by atoms with Crippen molar-refractivity contribution in [1.29, 1.82) is 0 Å². The van der Waals surface area contributed by atoms with E-state index in [2.05, 4.69) is 20.9 Å². The molecule has 3 aliphatic carbocycles. The smallest absolute Gasteiger partial charge is 0.343 e. The van der Waals surface area contributed by atoms with Crippen LogP contribution >= 0.6 is 22.9 Å². The minimum atomic E-state index is -4.78. The Labute approximate surface area is 632 Å². The van der Waals surface area contributed by atoms with Crippen molar-refractivity contribution in [2.24, 2.45) is 23.7 Å². The topological polar surface area (TPSA) is 283 Å². The number of hydrogen-bond acceptors (Lipinski definition) is 14. The Morgan fingerprint density at radius 2 is 1.25 bits per heavy atom. The molecule has 1 aromatic carbocycles. The third-order valence-electron chi connectivity index (χ3n) is 22.9. The molecule has 2 aromatic rings. The number of piperidine rings is 1. The minimum absolute atomic E-state index is 0.00167. The fourth-order valence-electron chi connectivity index (χ4n) is 16.1. The van der Waals surface area contributed by atoms with E-state index in [1.807, 2.05) is 20.8 Å². The molecule has 0 bridgehead atoms. The van der Waals surface area contributed by atoms with Crippen molar-refractivity contribution in [3.05, 3.63) is 50.9 Å². The lowest BCUT2D eigenvalue weighted by Gasteiger charge is -2.44. The highest BCUT2D eigenvalue weighted by Crippen LogP contribution is 2.39. The van der Waals surface area contributed by atoms with Crippen LogP contribution in [0.15, 0.2) is 29.1 Å². The Morgan fingerprint density at radius 1 is 0.651 bits per heavy atom. The van der Waals surface area contributed by atoms with Gasteiger partial charge in [0.2, 0.25) is 70.9 Å². The normalized spacial score (nSPS) is 25.9. The van der Waals surface area contributed by atoms with Crippen molar-refractivity contribution in [2.45, 2.75) is 242 Å². The second kappa shape index (κ2) is 38.6. The number of aromatic nitrogens is 1. The number of carbonyl (C=O) groups is 12. The first-order valence-corrected chi connectivity index (χ1v) is 39.3. The zero-order chi connectivity index (χ0) is 78.2. The van der Waals surface area contributed by atoms with E-state index in [9.17, 15) is 41.9 Å². The number of halogens is 4. The highest BCUT2D eigenvalue weighted by atomic mass is 35.5. The highest BCUT2D eigenvalue weighted by molar-refractivity contribution is 7.07. The first kappa shape index (κ1) is 85.8. The van der Waals surface area contributed by atoms with Crippen LogP contribution in [0.25, 0.3) is 0 Å². The van der Waals surface area contributed by atoms with Crippen molar-refractivity contribution >= 4 is 93.8 Å². The Bertz CT molecular complexity index is 3420. The maximum absolute atomic E-state index is 16.0. The molecular weight excluding hydrogens is 1410 g/mol. The van der Waals surface area contributed by atoms with Crippen LogP contribution in [0.5, 0.6) is 0 Å². The standard InChI is InChI=1S/C76H115ClF3N13O12S/c1-14-48(4)64-72(103)87(8)43-62(96)85(6)44-63(97)89(10)58(40-50-26-18-15-19-27-50)70(101)86(7)42-60(94)82-55(33-31-51-30-32-53(54(77)39-51)76(78,79)80)69(100)91(12)65(49(5)56-45-106-46-81-56)68(99)84-75(34-22-23-35-75)74(105)92(13)66(52-28-20-16-21-29-52)73(104)90(11)59(71(102)93-36-24-17-25-37-93)41-61(95)88(9)57(38-47(2)3)67(98)83-64/h30,32,39,45-50,52,55,57-59,64-66H,14-29,31,33-38,40-44H2,1-13H3,(H,82,94)(H,83,98)(H,84,99)/t48-,49?,55-,57-,58-,59-,64-,65-,66-/m0/s1. The highest BCUT2D eigenvalue weighted by Gasteiger charge is 2.52. The van der Waals surface area contributed by atoms with Gasteiger partial charge in [0.05, 0.1) is 47.8 Å². The molecule has 25 nitrogen and oxygen atoms in total. The summed E-state index contributed by atoms with van der Waals surface area (Å²) in [5.74, 6) is -10.1. The summed E-state index contributed by atoms with van der Waals surface area (Å²) in [6.07, 6.45) is 5.99. The first-order chi connectivity index (χ1) is 50.0. The second-order valence-corrected chi connectivity index (χ2v) is 32.2. The lowest BCUT2D eigenvalue weighted by atomic mass is 9.81. The van der Waals surface area contributed by atoms with Gasteiger partial charge >= 0.3 is 6.18 Å². The van der Waals surface area contributed by atoms with Crippen LogP contribution in [0.4, 0.5) is 13.2 Å². The number of rotatable bonds is 13. The molecule has 2 saturated heterocycles. The van der Waals surface area contributed by atoms with E-state index in [0.29, 0.717) is 63.7 Å². The lowest BCUT2D eigenvalue weighted by molar-refractivity contribution is -0.157. The quantitative estimate of drug-likeness (QED) is 0.175. The van der Waals surface area contributed by atoms with Gasteiger partial charge in [-0.15, -0.1) is 11.3 Å². The van der Waals surface area contributed by atoms with Crippen LogP contribution in [0.2, 0.25) is 5.02 Å². The van der Waals surface area contributed by atoms with Crippen molar-refractivity contribution in [3.63, 3.8) is 0 Å². The van der Waals surface area contributed by atoms with Gasteiger partial charge in [-0.2, -0.15) is 13.2 Å². The fraction of sp³-hybridized carbons (Fsp3) is 0.724. The van der Waals surface area contributed by atoms with Crippen LogP contribution in [0, 0.1) is 23.7 Å². The summed E-state index contributed by atoms with van der Waals surface area (Å²) in [6.45, 7) is 8.00. The van der Waals surface area contributed by atoms with Crippen molar-refractivity contribution in [1.82, 2.24) is 65.0 Å². The molecule has 5 fully saturated rings. The number of alkyl halides is 3. The van der Waals surface area contributed by atoms with Gasteiger partial charge in [0, 0.05) is 80.8 Å². The van der Waals surface area contributed by atoms with E-state index >= 15 is 28.8 Å². The molecule has 3 N–H and O–H groups in total. The van der Waals surface area contributed by atoms with Crippen LogP contribution in [-0.2, 0) is 70.1 Å². The van der Waals surface area contributed by atoms with Crippen LogP contribution in [0.1, 0.15) is 199 Å². The molecule has 0 radical (unpaired) electrons. The molecule has 5 aliphatic rings. The third-order valence-corrected chi connectivity index (χ3v) is 23.9. The molecule has 3 heterocycles. The summed E-state index contributed by atoms with van der Waals surface area (Å²) in [5, 5.41) is 9.91. The number of thiazole rings is 1. The summed E-state index contributed by atoms with van der Waals surface area (Å²) in [7, 11) is 11.3. The van der Waals surface area contributed by atoms with E-state index < -0.39 is 179 Å². The van der Waals surface area contributed by atoms with Crippen molar-refractivity contribution < 1.29 is 70.7 Å². The maximum atomic E-state index is 16.0. The van der Waals surface area contributed by atoms with Gasteiger partial charge in [0.25, 0.3) is 0 Å². The van der Waals surface area contributed by atoms with Gasteiger partial charge in [0.15, 0.2) is 0 Å². The number of likely N-dealkylation sites (tertiary alicyclic amines) is 1. The van der Waals surface area contributed by atoms with Crippen LogP contribution in [-0.4, -0.2) is 257 Å². The number of likely N-dealkylation sites (N-methyl/N-ethyl adjacent to an activating group) is 8. The molecule has 12 amide bonds. The molecule has 106 heavy (non-hydrogen) atoms. The number of nitrogens with one attached hydrogen (secondary N) is 3. The minimum Gasteiger partial charge on any atom is -0.343 e. The fourth-order valence-corrected chi connectivity index (χ4v) is 17.0. The summed E-state index contributed by atoms with van der Waals surface area (Å²) in [5.41, 5.74) is -0.544. The zero-order valence-electron chi connectivity index (χ0n) is 64.4. The van der Waals surface area contributed by atoms with Crippen LogP contribution < -0.4 is 16.0 Å². The molecule has 590 valence electrons. The molecule has 9 atom stereocenters. The number of amides is 12. The molecule has 3 saturated carbocycles. The molecule has 7 rings (SSSR count). The zero-order valence-corrected chi connectivity index (χ0v) is 66.0. The van der Waals surface area contributed by atoms with Crippen molar-refractivity contribution in [2.75, 3.05) is 89.1 Å². The average Bonchev–Trinajstić information content (AvgIpc) is 1.37. The van der Waals surface area contributed by atoms with Gasteiger partial charge in [-0.1, -0.05) is 123 Å². The summed E-state index contributed by atoms with van der Waals surface area (Å²) >= 11 is 7.45. The lowest BCUT2D eigenvalue weighted by Crippen LogP contribution is -2.66. The van der Waals surface area contributed by atoms with Gasteiger partial charge in [-0.25, -0.2) is 4.98 Å². The third kappa shape index (κ3) is 21.7. The van der Waals surface area contributed by atoms with E-state index in [1.54, 1.807) is 29.6 Å². The molecule has 30 heteroatoms. The Morgan fingerprint density at radius 3 is 1.83 bits per heavy atom. The number of benzene rings is 1. The summed E-state index contributed by atoms with van der Waals surface area (Å²) < 4.78 is 42.0. The van der Waals surface area contributed by atoms with Crippen molar-refractivity contribution in [3.8, 4) is 0 Å². The first-order valence-electron chi connectivity index (χ1n) is 38.0. The second-order valence-electron chi connectivity index (χ2n) is 31.1. The molecule has 2 aliphatic heterocycles. The Balaban J connectivity index is 1.34. The summed E-state index contributed by atoms with van der Waals surface area (Å²) in [6, 6.07) is -6.10. The van der Waals surface area contributed by atoms with E-state index in [0.717, 1.165) is 89.5 Å². The van der Waals surface area contributed by atoms with Gasteiger partial charge < -0.3 is 60.0 Å². The van der Waals surface area contributed by atoms with Gasteiger partial charge in [0.1, 0.15) is 47.8 Å². The predicted molar refractivity (Wildman–Crippen MR) is 396 cm³/mol. The molecular formula is C76H115ClF3N13O12S. The van der Waals surface area contributed by atoms with Gasteiger partial charge in [-0.05, 0) is 112 Å². The molecule has 1 unspecified atom stereocenters. The van der Waals surface area contributed by atoms with Gasteiger partial charge in [-0.3, -0.25) is 57.5 Å². The number of hydrogen-bond donors (Lipinski definition) is 3. The predicted octanol–water partition coefficient (Wildman–Crippen LogP) is 7.52. The SMILES string of the molecule is CC[C@H](C)[C@@H]1NC(=O)[C@H](CC(C)C)N(C)C(=O)C[C@@H](C(=O)N2CCCCC2)N(C)C(=O)[C@H](C2CCCCC2)N(C)C(=O)C2(CCCC2)NC(=O)[C@H](C(C)c2cscn2)N(C)C(=O)[C@H](CCc2ccc(C(F)(F)F)c(Cl)c2)NC(=O)CN(C)C(=O)[C@H](CC2CCCCC2)N(C)C(=O)CN(C)C(=O)CN(C)C1=O. The largest absolute Gasteiger partial charge is 0.417 e.